The van der Waals surface area contributed by atoms with E-state index in [1.165, 1.54) is 18.3 Å². The Morgan fingerprint density at radius 3 is 3.05 bits per heavy atom. The summed E-state index contributed by atoms with van der Waals surface area (Å²) in [6, 6.07) is 2.73. The van der Waals surface area contributed by atoms with E-state index in [1.54, 1.807) is 6.92 Å². The third kappa shape index (κ3) is 3.29. The Hall–Kier alpha value is -2.31. The molecule has 0 aliphatic heterocycles. The third-order valence-corrected chi connectivity index (χ3v) is 3.88. The summed E-state index contributed by atoms with van der Waals surface area (Å²) >= 11 is 0. The van der Waals surface area contributed by atoms with E-state index in [1.807, 2.05) is 0 Å². The molecule has 2 heterocycles. The van der Waals surface area contributed by atoms with E-state index < -0.39 is 11.7 Å². The van der Waals surface area contributed by atoms with Crippen LogP contribution in [0, 0.1) is 18.7 Å². The van der Waals surface area contributed by atoms with Gasteiger partial charge in [-0.1, -0.05) is 0 Å². The van der Waals surface area contributed by atoms with Gasteiger partial charge in [0, 0.05) is 25.6 Å². The number of carbonyl (C=O) groups excluding carboxylic acids is 1. The van der Waals surface area contributed by atoms with Crippen LogP contribution in [0.5, 0.6) is 0 Å². The average molecular weight is 304 g/mol. The van der Waals surface area contributed by atoms with Crippen molar-refractivity contribution in [2.24, 2.45) is 5.92 Å². The van der Waals surface area contributed by atoms with Crippen LogP contribution in [0.2, 0.25) is 0 Å². The first kappa shape index (κ1) is 14.6. The van der Waals surface area contributed by atoms with Crippen LogP contribution in [0.4, 0.5) is 4.39 Å². The van der Waals surface area contributed by atoms with E-state index in [9.17, 15) is 9.18 Å². The molecule has 0 spiro atoms. The first-order chi connectivity index (χ1) is 10.6. The zero-order valence-electron chi connectivity index (χ0n) is 12.3. The molecule has 0 bridgehead atoms. The van der Waals surface area contributed by atoms with E-state index >= 15 is 0 Å². The van der Waals surface area contributed by atoms with Crippen molar-refractivity contribution in [1.29, 1.82) is 0 Å². The molecule has 1 saturated carbocycles. The molecule has 0 aromatic carbocycles. The van der Waals surface area contributed by atoms with Crippen molar-refractivity contribution in [3.8, 4) is 0 Å². The number of aryl methyl sites for hydroxylation is 1. The number of nitrogens with one attached hydrogen (secondary N) is 1. The van der Waals surface area contributed by atoms with Crippen LogP contribution in [-0.2, 0) is 6.42 Å². The molecule has 0 unspecified atom stereocenters. The third-order valence-electron chi connectivity index (χ3n) is 3.88. The van der Waals surface area contributed by atoms with E-state index in [4.69, 9.17) is 4.42 Å². The molecule has 1 N–H and O–H groups in total. The van der Waals surface area contributed by atoms with Crippen molar-refractivity contribution >= 4 is 5.91 Å². The highest BCUT2D eigenvalue weighted by Gasteiger charge is 2.28. The van der Waals surface area contributed by atoms with Crippen molar-refractivity contribution in [3.05, 3.63) is 41.6 Å². The van der Waals surface area contributed by atoms with Gasteiger partial charge in [-0.25, -0.2) is 9.37 Å². The first-order valence-electron chi connectivity index (χ1n) is 7.32. The Kier molecular flexibility index (Phi) is 4.13. The highest BCUT2D eigenvalue weighted by Crippen LogP contribution is 2.28. The number of hydrogen-bond acceptors (Lipinski definition) is 5. The molecule has 7 heteroatoms. The standard InChI is InChI=1S/C15H17FN4O2/c1-9-19-20-13(22-9)8-10-4-5-11(7-10)18-15(21)14-12(16)3-2-6-17-14/h2-3,6,10-11H,4-5,7-8H2,1H3,(H,18,21)/t10-,11+/m1/s1. The van der Waals surface area contributed by atoms with Gasteiger partial charge in [0.1, 0.15) is 0 Å². The van der Waals surface area contributed by atoms with Crippen LogP contribution >= 0.6 is 0 Å². The van der Waals surface area contributed by atoms with Crippen LogP contribution in [0.15, 0.2) is 22.7 Å². The maximum Gasteiger partial charge on any atom is 0.273 e. The summed E-state index contributed by atoms with van der Waals surface area (Å²) in [4.78, 5) is 15.8. The molecule has 1 aliphatic carbocycles. The SMILES string of the molecule is Cc1nnc(C[C@@H]2CC[C@H](NC(=O)c3ncccc3F)C2)o1. The summed E-state index contributed by atoms with van der Waals surface area (Å²) < 4.78 is 18.9. The molecule has 1 aliphatic rings. The second-order valence-corrected chi connectivity index (χ2v) is 5.60. The van der Waals surface area contributed by atoms with Gasteiger partial charge in [-0.15, -0.1) is 10.2 Å². The second-order valence-electron chi connectivity index (χ2n) is 5.60. The number of amides is 1. The summed E-state index contributed by atoms with van der Waals surface area (Å²) in [5, 5.41) is 10.6. The van der Waals surface area contributed by atoms with Crippen LogP contribution in [0.25, 0.3) is 0 Å². The number of aromatic nitrogens is 3. The lowest BCUT2D eigenvalue weighted by molar-refractivity contribution is 0.0927. The van der Waals surface area contributed by atoms with Crippen molar-refractivity contribution in [2.75, 3.05) is 0 Å². The van der Waals surface area contributed by atoms with Gasteiger partial charge in [-0.2, -0.15) is 0 Å². The van der Waals surface area contributed by atoms with Crippen molar-refractivity contribution in [3.63, 3.8) is 0 Å². The zero-order chi connectivity index (χ0) is 15.5. The minimum Gasteiger partial charge on any atom is -0.426 e. The highest BCUT2D eigenvalue weighted by atomic mass is 19.1. The van der Waals surface area contributed by atoms with Gasteiger partial charge in [-0.3, -0.25) is 4.79 Å². The average Bonchev–Trinajstić information content (AvgIpc) is 3.09. The van der Waals surface area contributed by atoms with Gasteiger partial charge >= 0.3 is 0 Å². The lowest BCUT2D eigenvalue weighted by Gasteiger charge is -2.12. The fourth-order valence-corrected chi connectivity index (χ4v) is 2.86. The van der Waals surface area contributed by atoms with Crippen LogP contribution in [0.3, 0.4) is 0 Å². The van der Waals surface area contributed by atoms with Crippen LogP contribution < -0.4 is 5.32 Å². The Bertz CT molecular complexity index is 673. The normalized spacial score (nSPS) is 21.0. The number of rotatable bonds is 4. The quantitative estimate of drug-likeness (QED) is 0.935. The Morgan fingerprint density at radius 1 is 1.45 bits per heavy atom. The topological polar surface area (TPSA) is 80.9 Å². The molecule has 6 nitrogen and oxygen atoms in total. The smallest absolute Gasteiger partial charge is 0.273 e. The molecule has 0 radical (unpaired) electrons. The molecule has 22 heavy (non-hydrogen) atoms. The maximum absolute atomic E-state index is 13.5. The van der Waals surface area contributed by atoms with E-state index in [-0.39, 0.29) is 11.7 Å². The predicted molar refractivity (Wildman–Crippen MR) is 75.5 cm³/mol. The fourth-order valence-electron chi connectivity index (χ4n) is 2.86. The van der Waals surface area contributed by atoms with Crippen LogP contribution in [-0.4, -0.2) is 27.1 Å². The summed E-state index contributed by atoms with van der Waals surface area (Å²) in [5.74, 6) is 0.515. The molecule has 3 rings (SSSR count). The van der Waals surface area contributed by atoms with Gasteiger partial charge in [0.25, 0.3) is 5.91 Å². The molecule has 0 saturated heterocycles. The fraction of sp³-hybridized carbons (Fsp3) is 0.467. The van der Waals surface area contributed by atoms with Gasteiger partial charge in [0.15, 0.2) is 11.5 Å². The van der Waals surface area contributed by atoms with Crippen molar-refractivity contribution in [2.45, 2.75) is 38.6 Å². The minimum atomic E-state index is -0.601. The lowest BCUT2D eigenvalue weighted by Crippen LogP contribution is -2.34. The van der Waals surface area contributed by atoms with E-state index in [0.29, 0.717) is 24.1 Å². The molecular formula is C15H17FN4O2. The molecule has 1 amide bonds. The highest BCUT2D eigenvalue weighted by molar-refractivity contribution is 5.92. The number of nitrogens with zero attached hydrogens (tertiary/aromatic N) is 3. The molecule has 2 aromatic heterocycles. The molecular weight excluding hydrogens is 287 g/mol. The van der Waals surface area contributed by atoms with Crippen molar-refractivity contribution in [1.82, 2.24) is 20.5 Å². The summed E-state index contributed by atoms with van der Waals surface area (Å²) in [6.45, 7) is 1.76. The molecule has 2 aromatic rings. The molecule has 2 atom stereocenters. The van der Waals surface area contributed by atoms with Gasteiger partial charge in [0.05, 0.1) is 0 Å². The van der Waals surface area contributed by atoms with Gasteiger partial charge in [-0.05, 0) is 37.3 Å². The predicted octanol–water partition coefficient (Wildman–Crippen LogP) is 2.05. The van der Waals surface area contributed by atoms with Crippen LogP contribution in [0.1, 0.15) is 41.5 Å². The van der Waals surface area contributed by atoms with Gasteiger partial charge in [0.2, 0.25) is 11.8 Å². The van der Waals surface area contributed by atoms with Gasteiger partial charge < -0.3 is 9.73 Å². The number of hydrogen-bond donors (Lipinski definition) is 1. The summed E-state index contributed by atoms with van der Waals surface area (Å²) in [7, 11) is 0. The number of pyridine rings is 1. The zero-order valence-corrected chi connectivity index (χ0v) is 12.3. The number of halogens is 1. The minimum absolute atomic E-state index is 0.0305. The summed E-state index contributed by atoms with van der Waals surface area (Å²) in [6.07, 6.45) is 4.77. The molecule has 1 fully saturated rings. The Balaban J connectivity index is 1.55. The van der Waals surface area contributed by atoms with E-state index in [0.717, 1.165) is 19.3 Å². The monoisotopic (exact) mass is 304 g/mol. The maximum atomic E-state index is 13.5. The Labute approximate surface area is 127 Å². The molecule has 116 valence electrons. The number of carbonyl (C=O) groups is 1. The largest absolute Gasteiger partial charge is 0.426 e. The van der Waals surface area contributed by atoms with E-state index in [2.05, 4.69) is 20.5 Å². The summed E-state index contributed by atoms with van der Waals surface area (Å²) in [5.41, 5.74) is -0.154. The second kappa shape index (κ2) is 6.21. The first-order valence-corrected chi connectivity index (χ1v) is 7.32. The van der Waals surface area contributed by atoms with Crippen molar-refractivity contribution < 1.29 is 13.6 Å². The lowest BCUT2D eigenvalue weighted by atomic mass is 10.0. The Morgan fingerprint density at radius 2 is 2.32 bits per heavy atom.